The number of Topliss-reactive ketones (excluding diaryl/α,β-unsaturated/α-hetero) is 1. The molecule has 2 aromatic heterocycles. The fourth-order valence-corrected chi connectivity index (χ4v) is 5.72. The van der Waals surface area contributed by atoms with Gasteiger partial charge in [-0.05, 0) is 13.8 Å². The zero-order valence-electron chi connectivity index (χ0n) is 15.3. The highest BCUT2D eigenvalue weighted by Crippen LogP contribution is 2.52. The van der Waals surface area contributed by atoms with E-state index in [1.54, 1.807) is 17.7 Å². The van der Waals surface area contributed by atoms with Gasteiger partial charge in [-0.1, -0.05) is 6.92 Å². The Kier molecular flexibility index (Phi) is 3.80. The summed E-state index contributed by atoms with van der Waals surface area (Å²) in [6, 6.07) is -0.370. The normalized spacial score (nSPS) is 25.7. The first-order valence-corrected chi connectivity index (χ1v) is 9.44. The van der Waals surface area contributed by atoms with E-state index in [9.17, 15) is 24.6 Å². The Morgan fingerprint density at radius 3 is 2.59 bits per heavy atom. The lowest BCUT2D eigenvalue weighted by Crippen LogP contribution is -2.63. The van der Waals surface area contributed by atoms with Gasteiger partial charge in [0.05, 0.1) is 22.9 Å². The van der Waals surface area contributed by atoms with Crippen LogP contribution in [-0.2, 0) is 9.59 Å². The molecular weight excluding hydrogens is 370 g/mol. The number of amides is 1. The Hall–Kier alpha value is -2.52. The Balaban J connectivity index is 1.92. The topological polar surface area (TPSA) is 112 Å². The van der Waals surface area contributed by atoms with E-state index in [1.165, 1.54) is 23.2 Å². The number of aliphatic hydroxyl groups excluding tert-OH is 1. The molecule has 1 saturated heterocycles. The smallest absolute Gasteiger partial charge is 0.352 e. The van der Waals surface area contributed by atoms with Gasteiger partial charge in [0.25, 0.3) is 0 Å². The van der Waals surface area contributed by atoms with Crippen molar-refractivity contribution < 1.29 is 24.6 Å². The lowest BCUT2D eigenvalue weighted by atomic mass is 9.77. The summed E-state index contributed by atoms with van der Waals surface area (Å²) in [5.74, 6) is -2.54. The molecule has 0 aliphatic carbocycles. The third kappa shape index (κ3) is 2.18. The van der Waals surface area contributed by atoms with E-state index >= 15 is 0 Å². The molecule has 1 amide bonds. The molecular formula is C18H19N3O5S. The van der Waals surface area contributed by atoms with Crippen LogP contribution in [0.15, 0.2) is 12.0 Å². The van der Waals surface area contributed by atoms with Gasteiger partial charge in [-0.3, -0.25) is 14.0 Å². The maximum Gasteiger partial charge on any atom is 0.352 e. The molecule has 4 rings (SSSR count). The highest BCUT2D eigenvalue weighted by Gasteiger charge is 2.60. The molecule has 0 aromatic carbocycles. The minimum Gasteiger partial charge on any atom is -0.477 e. The van der Waals surface area contributed by atoms with Gasteiger partial charge in [0.15, 0.2) is 5.78 Å². The SMILES string of the molecule is CC(=O)c1ncn2c(C)c(C3=C(C(=O)O)N4C(=O)[C@H]([C@@H](C)O)[C@H]4[C@H]3C)sc12. The number of aryl methyl sites for hydroxylation is 1. The Bertz CT molecular complexity index is 1050. The number of carboxylic acids is 1. The van der Waals surface area contributed by atoms with Crippen LogP contribution in [0.5, 0.6) is 0 Å². The highest BCUT2D eigenvalue weighted by atomic mass is 32.1. The van der Waals surface area contributed by atoms with Gasteiger partial charge in [-0.15, -0.1) is 11.3 Å². The molecule has 0 bridgehead atoms. The summed E-state index contributed by atoms with van der Waals surface area (Å²) in [5.41, 5.74) is 1.67. The van der Waals surface area contributed by atoms with E-state index in [1.807, 2.05) is 13.8 Å². The number of thiazole rings is 1. The fraction of sp³-hybridized carbons (Fsp3) is 0.444. The monoisotopic (exact) mass is 389 g/mol. The van der Waals surface area contributed by atoms with Gasteiger partial charge in [-0.25, -0.2) is 9.78 Å². The van der Waals surface area contributed by atoms with Crippen molar-refractivity contribution in [3.05, 3.63) is 28.3 Å². The van der Waals surface area contributed by atoms with Crippen molar-refractivity contribution in [2.24, 2.45) is 11.8 Å². The largest absolute Gasteiger partial charge is 0.477 e. The van der Waals surface area contributed by atoms with E-state index in [-0.39, 0.29) is 29.3 Å². The average molecular weight is 389 g/mol. The molecule has 142 valence electrons. The van der Waals surface area contributed by atoms with Crippen molar-refractivity contribution >= 4 is 39.4 Å². The minimum absolute atomic E-state index is 0.0284. The number of aliphatic hydroxyl groups is 1. The molecule has 9 heteroatoms. The summed E-state index contributed by atoms with van der Waals surface area (Å²) in [5, 5.41) is 19.8. The molecule has 2 aliphatic heterocycles. The molecule has 8 nitrogen and oxygen atoms in total. The summed E-state index contributed by atoms with van der Waals surface area (Å²) < 4.78 is 1.78. The number of fused-ring (bicyclic) bond motifs is 2. The number of hydrogen-bond acceptors (Lipinski definition) is 6. The number of aliphatic carboxylic acids is 1. The maximum absolute atomic E-state index is 12.5. The van der Waals surface area contributed by atoms with Crippen LogP contribution in [0.3, 0.4) is 0 Å². The van der Waals surface area contributed by atoms with Crippen molar-refractivity contribution in [2.75, 3.05) is 0 Å². The van der Waals surface area contributed by atoms with Crippen LogP contribution in [0.4, 0.5) is 0 Å². The number of β-lactam (4-membered cyclic amide) rings is 1. The summed E-state index contributed by atoms with van der Waals surface area (Å²) >= 11 is 1.31. The standard InChI is InChI=1S/C18H19N3O5S/c1-6-10(14(18(25)26)21-13(6)11(8(3)22)16(21)24)15-7(2)20-5-19-12(9(4)23)17(20)27-15/h5-6,8,11,13,22H,1-4H3,(H,25,26)/t6-,8+,11+,13+/m0/s1. The second-order valence-corrected chi connectivity index (χ2v) is 8.16. The van der Waals surface area contributed by atoms with Crippen LogP contribution in [0.2, 0.25) is 0 Å². The third-order valence-corrected chi connectivity index (χ3v) is 6.87. The Morgan fingerprint density at radius 2 is 2.04 bits per heavy atom. The van der Waals surface area contributed by atoms with Crippen molar-refractivity contribution in [3.63, 3.8) is 0 Å². The number of nitrogens with zero attached hydrogens (tertiary/aromatic N) is 3. The quantitative estimate of drug-likeness (QED) is 0.606. The number of carboxylic acid groups (broad SMARTS) is 1. The molecule has 0 unspecified atom stereocenters. The lowest BCUT2D eigenvalue weighted by molar-refractivity contribution is -0.163. The highest BCUT2D eigenvalue weighted by molar-refractivity contribution is 7.19. The van der Waals surface area contributed by atoms with Crippen LogP contribution >= 0.6 is 11.3 Å². The van der Waals surface area contributed by atoms with Crippen LogP contribution in [-0.4, -0.2) is 54.3 Å². The fourth-order valence-electron chi connectivity index (χ4n) is 4.31. The molecule has 4 heterocycles. The molecule has 2 N–H and O–H groups in total. The molecule has 2 aliphatic rings. The van der Waals surface area contributed by atoms with Gasteiger partial charge in [0.1, 0.15) is 22.5 Å². The van der Waals surface area contributed by atoms with Crippen LogP contribution in [0.1, 0.15) is 41.8 Å². The first kappa shape index (κ1) is 17.9. The van der Waals surface area contributed by atoms with E-state index in [2.05, 4.69) is 4.98 Å². The summed E-state index contributed by atoms with van der Waals surface area (Å²) in [7, 11) is 0. The number of imidazole rings is 1. The minimum atomic E-state index is -1.17. The number of carbonyl (C=O) groups is 3. The second kappa shape index (κ2) is 5.74. The molecule has 27 heavy (non-hydrogen) atoms. The van der Waals surface area contributed by atoms with Gasteiger partial charge < -0.3 is 15.1 Å². The second-order valence-electron chi connectivity index (χ2n) is 7.16. The maximum atomic E-state index is 12.5. The Labute approximate surface area is 158 Å². The van der Waals surface area contributed by atoms with E-state index in [4.69, 9.17) is 0 Å². The molecule has 1 fully saturated rings. The van der Waals surface area contributed by atoms with Crippen LogP contribution in [0, 0.1) is 18.8 Å². The van der Waals surface area contributed by atoms with E-state index in [0.717, 1.165) is 10.6 Å². The zero-order valence-corrected chi connectivity index (χ0v) is 16.1. The van der Waals surface area contributed by atoms with Crippen molar-refractivity contribution in [2.45, 2.75) is 39.8 Å². The summed E-state index contributed by atoms with van der Waals surface area (Å²) in [4.78, 5) is 43.1. The third-order valence-electron chi connectivity index (χ3n) is 5.57. The lowest BCUT2D eigenvalue weighted by Gasteiger charge is -2.46. The first-order chi connectivity index (χ1) is 12.7. The zero-order chi connectivity index (χ0) is 19.8. The number of hydrogen-bond donors (Lipinski definition) is 2. The molecule has 2 aromatic rings. The number of carbonyl (C=O) groups excluding carboxylic acids is 2. The average Bonchev–Trinajstić information content (AvgIpc) is 3.18. The summed E-state index contributed by atoms with van der Waals surface area (Å²) in [6.45, 7) is 6.71. The van der Waals surface area contributed by atoms with Crippen LogP contribution < -0.4 is 0 Å². The number of aromatic nitrogens is 2. The first-order valence-electron chi connectivity index (χ1n) is 8.63. The van der Waals surface area contributed by atoms with Crippen molar-refractivity contribution in [3.8, 4) is 0 Å². The van der Waals surface area contributed by atoms with E-state index in [0.29, 0.717) is 16.1 Å². The predicted molar refractivity (Wildman–Crippen MR) is 97.3 cm³/mol. The van der Waals surface area contributed by atoms with Gasteiger partial charge >= 0.3 is 5.97 Å². The molecule has 0 saturated carbocycles. The number of rotatable bonds is 4. The van der Waals surface area contributed by atoms with Gasteiger partial charge in [0.2, 0.25) is 5.91 Å². The van der Waals surface area contributed by atoms with Gasteiger partial charge in [-0.2, -0.15) is 0 Å². The summed E-state index contributed by atoms with van der Waals surface area (Å²) in [6.07, 6.45) is 0.713. The van der Waals surface area contributed by atoms with E-state index < -0.39 is 18.0 Å². The van der Waals surface area contributed by atoms with Crippen LogP contribution in [0.25, 0.3) is 10.4 Å². The van der Waals surface area contributed by atoms with Crippen molar-refractivity contribution in [1.29, 1.82) is 0 Å². The predicted octanol–water partition coefficient (Wildman–Crippen LogP) is 1.56. The van der Waals surface area contributed by atoms with Crippen molar-refractivity contribution in [1.82, 2.24) is 14.3 Å². The van der Waals surface area contributed by atoms with Gasteiger partial charge in [0, 0.05) is 24.1 Å². The number of ketones is 1. The molecule has 0 radical (unpaired) electrons. The molecule has 0 spiro atoms. The molecule has 4 atom stereocenters. The Morgan fingerprint density at radius 1 is 1.37 bits per heavy atom.